The number of aromatic nitrogens is 3. The van der Waals surface area contributed by atoms with E-state index in [1.807, 2.05) is 0 Å². The third kappa shape index (κ3) is 5.25. The van der Waals surface area contributed by atoms with Gasteiger partial charge < -0.3 is 15.2 Å². The minimum atomic E-state index is -2.52. The third-order valence-corrected chi connectivity index (χ3v) is 8.89. The van der Waals surface area contributed by atoms with Gasteiger partial charge in [0.25, 0.3) is 0 Å². The molecule has 2 aliphatic carbocycles. The number of rotatable bonds is 7. The minimum absolute atomic E-state index is 0.313. The molecule has 2 N–H and O–H groups in total. The van der Waals surface area contributed by atoms with Crippen molar-refractivity contribution in [3.8, 4) is 6.07 Å². The van der Waals surface area contributed by atoms with E-state index in [9.17, 15) is 9.83 Å². The van der Waals surface area contributed by atoms with Crippen LogP contribution in [0, 0.1) is 17.2 Å². The van der Waals surface area contributed by atoms with Gasteiger partial charge in [0, 0.05) is 25.3 Å². The first-order chi connectivity index (χ1) is 17.9. The molecule has 9 heteroatoms. The number of nitrogens with zero attached hydrogens (tertiary/aromatic N) is 5. The SMILES string of the molecule is CP(C)(=O)c1cccc(Nc2nc(Nc3cc4c5c(c3)CN(CC3CC3)CC5CCC4)ncc2C#N)n1. The maximum absolute atomic E-state index is 12.5. The fraction of sp³-hybridized carbons (Fsp3) is 0.429. The lowest BCUT2D eigenvalue weighted by molar-refractivity contribution is 0.211. The number of benzene rings is 1. The molecule has 0 bridgehead atoms. The van der Waals surface area contributed by atoms with Crippen LogP contribution in [-0.2, 0) is 17.5 Å². The smallest absolute Gasteiger partial charge is 0.229 e. The Hall–Kier alpha value is -3.27. The van der Waals surface area contributed by atoms with Gasteiger partial charge in [-0.25, -0.2) is 9.97 Å². The van der Waals surface area contributed by atoms with Crippen LogP contribution >= 0.6 is 7.14 Å². The van der Waals surface area contributed by atoms with Crippen molar-refractivity contribution in [2.24, 2.45) is 5.92 Å². The van der Waals surface area contributed by atoms with Gasteiger partial charge >= 0.3 is 0 Å². The Bertz CT molecular complexity index is 1440. The van der Waals surface area contributed by atoms with Gasteiger partial charge in [-0.1, -0.05) is 6.07 Å². The number of hydrogen-bond donors (Lipinski definition) is 2. The first-order valence-electron chi connectivity index (χ1n) is 13.1. The Labute approximate surface area is 217 Å². The van der Waals surface area contributed by atoms with Crippen molar-refractivity contribution in [2.45, 2.75) is 44.6 Å². The van der Waals surface area contributed by atoms with Crippen LogP contribution in [0.1, 0.15) is 53.9 Å². The van der Waals surface area contributed by atoms with Crippen molar-refractivity contribution in [2.75, 3.05) is 37.1 Å². The number of nitriles is 1. The first-order valence-corrected chi connectivity index (χ1v) is 15.7. The summed E-state index contributed by atoms with van der Waals surface area (Å²) in [7, 11) is -2.52. The Kier molecular flexibility index (Phi) is 6.22. The van der Waals surface area contributed by atoms with Gasteiger partial charge in [-0.2, -0.15) is 10.2 Å². The molecule has 1 fully saturated rings. The molecule has 37 heavy (non-hydrogen) atoms. The Morgan fingerprint density at radius 2 is 1.97 bits per heavy atom. The van der Waals surface area contributed by atoms with Crippen LogP contribution in [-0.4, -0.2) is 46.3 Å². The molecule has 0 spiro atoms. The molecular formula is C28H32N7OP. The molecule has 0 saturated heterocycles. The van der Waals surface area contributed by atoms with Crippen molar-refractivity contribution < 1.29 is 4.57 Å². The van der Waals surface area contributed by atoms with E-state index in [-0.39, 0.29) is 0 Å². The molecule has 190 valence electrons. The van der Waals surface area contributed by atoms with E-state index in [2.05, 4.69) is 48.7 Å². The van der Waals surface area contributed by atoms with E-state index in [4.69, 9.17) is 0 Å². The monoisotopic (exact) mass is 513 g/mol. The lowest BCUT2D eigenvalue weighted by Crippen LogP contribution is -2.36. The normalized spacial score (nSPS) is 19.1. The van der Waals surface area contributed by atoms with Crippen molar-refractivity contribution >= 4 is 35.8 Å². The first kappa shape index (κ1) is 24.1. The van der Waals surface area contributed by atoms with Crippen molar-refractivity contribution in [3.05, 3.63) is 58.8 Å². The molecule has 1 unspecified atom stereocenters. The summed E-state index contributed by atoms with van der Waals surface area (Å²) in [6.07, 6.45) is 7.89. The predicted molar refractivity (Wildman–Crippen MR) is 147 cm³/mol. The van der Waals surface area contributed by atoms with E-state index >= 15 is 0 Å². The highest BCUT2D eigenvalue weighted by molar-refractivity contribution is 7.69. The van der Waals surface area contributed by atoms with E-state index in [1.54, 1.807) is 37.1 Å². The second kappa shape index (κ2) is 9.55. The Balaban J connectivity index is 1.27. The number of hydrogen-bond acceptors (Lipinski definition) is 8. The molecule has 1 saturated carbocycles. The summed E-state index contributed by atoms with van der Waals surface area (Å²) < 4.78 is 12.5. The second-order valence-corrected chi connectivity index (χ2v) is 14.1. The molecule has 3 aliphatic rings. The predicted octanol–water partition coefficient (Wildman–Crippen LogP) is 5.12. The molecule has 0 amide bonds. The Morgan fingerprint density at radius 1 is 1.14 bits per heavy atom. The lowest BCUT2D eigenvalue weighted by atomic mass is 9.77. The molecule has 8 nitrogen and oxygen atoms in total. The van der Waals surface area contributed by atoms with Crippen LogP contribution in [0.25, 0.3) is 0 Å². The van der Waals surface area contributed by atoms with Gasteiger partial charge in [-0.05, 0) is 98.2 Å². The van der Waals surface area contributed by atoms with E-state index in [1.165, 1.54) is 56.1 Å². The third-order valence-electron chi connectivity index (χ3n) is 7.54. The summed E-state index contributed by atoms with van der Waals surface area (Å²) in [6, 6.07) is 12.0. The quantitative estimate of drug-likeness (QED) is 0.419. The summed E-state index contributed by atoms with van der Waals surface area (Å²) >= 11 is 0. The van der Waals surface area contributed by atoms with E-state index in [0.717, 1.165) is 24.6 Å². The zero-order chi connectivity index (χ0) is 25.6. The van der Waals surface area contributed by atoms with Gasteiger partial charge in [0.15, 0.2) is 5.82 Å². The lowest BCUT2D eigenvalue weighted by Gasteiger charge is -2.39. The highest BCUT2D eigenvalue weighted by Crippen LogP contribution is 2.42. The second-order valence-electron chi connectivity index (χ2n) is 11.0. The molecule has 1 atom stereocenters. The molecule has 3 aromatic rings. The van der Waals surface area contributed by atoms with Gasteiger partial charge in [0.2, 0.25) is 5.95 Å². The standard InChI is InChI=1S/C28H32N7OP/c1-37(2,36)25-8-4-7-24(32-25)33-27-22(13-29)14-30-28(34-27)31-23-11-19-5-3-6-20-16-35(15-18-9-10-18)17-21(12-23)26(19)20/h4,7-8,11-12,14,18,20H,3,5-6,9-10,15-17H2,1-2H3,(H2,30,31,32,33,34). The highest BCUT2D eigenvalue weighted by atomic mass is 31.2. The van der Waals surface area contributed by atoms with Crippen molar-refractivity contribution in [1.29, 1.82) is 5.26 Å². The minimum Gasteiger partial charge on any atom is -0.324 e. The Morgan fingerprint density at radius 3 is 2.76 bits per heavy atom. The van der Waals surface area contributed by atoms with Gasteiger partial charge in [-0.3, -0.25) is 4.90 Å². The number of aryl methyl sites for hydroxylation is 1. The molecule has 0 radical (unpaired) electrons. The fourth-order valence-corrected chi connectivity index (χ4v) is 6.46. The summed E-state index contributed by atoms with van der Waals surface area (Å²) in [6.45, 7) is 6.79. The van der Waals surface area contributed by atoms with Gasteiger partial charge in [0.05, 0.1) is 6.20 Å². The van der Waals surface area contributed by atoms with Crippen LogP contribution in [0.2, 0.25) is 0 Å². The molecule has 1 aliphatic heterocycles. The van der Waals surface area contributed by atoms with Gasteiger partial charge in [0.1, 0.15) is 30.0 Å². The molecule has 2 aromatic heterocycles. The van der Waals surface area contributed by atoms with Crippen molar-refractivity contribution in [3.63, 3.8) is 0 Å². The van der Waals surface area contributed by atoms with Crippen LogP contribution in [0.5, 0.6) is 0 Å². The largest absolute Gasteiger partial charge is 0.324 e. The maximum atomic E-state index is 12.5. The average molecular weight is 514 g/mol. The maximum Gasteiger partial charge on any atom is 0.229 e. The zero-order valence-electron chi connectivity index (χ0n) is 21.4. The molecule has 1 aromatic carbocycles. The molecule has 3 heterocycles. The average Bonchev–Trinajstić information content (AvgIpc) is 3.68. The molecular weight excluding hydrogens is 481 g/mol. The molecule has 6 rings (SSSR count). The number of pyridine rings is 1. The zero-order valence-corrected chi connectivity index (χ0v) is 22.3. The fourth-order valence-electron chi connectivity index (χ4n) is 5.66. The number of nitrogens with one attached hydrogen (secondary N) is 2. The van der Waals surface area contributed by atoms with Crippen LogP contribution in [0.15, 0.2) is 36.5 Å². The van der Waals surface area contributed by atoms with Crippen LogP contribution < -0.4 is 16.1 Å². The summed E-state index contributed by atoms with van der Waals surface area (Å²) in [5.41, 5.74) is 6.26. The van der Waals surface area contributed by atoms with Crippen LogP contribution in [0.3, 0.4) is 0 Å². The van der Waals surface area contributed by atoms with Crippen molar-refractivity contribution in [1.82, 2.24) is 19.9 Å². The van der Waals surface area contributed by atoms with Crippen LogP contribution in [0.4, 0.5) is 23.3 Å². The summed E-state index contributed by atoms with van der Waals surface area (Å²) in [5, 5.41) is 16.1. The van der Waals surface area contributed by atoms with E-state index in [0.29, 0.717) is 34.5 Å². The summed E-state index contributed by atoms with van der Waals surface area (Å²) in [5.74, 6) is 2.80. The number of anilines is 4. The highest BCUT2D eigenvalue weighted by Gasteiger charge is 2.33. The van der Waals surface area contributed by atoms with E-state index < -0.39 is 7.14 Å². The van der Waals surface area contributed by atoms with Gasteiger partial charge in [-0.15, -0.1) is 0 Å². The summed E-state index contributed by atoms with van der Waals surface area (Å²) in [4.78, 5) is 16.1. The topological polar surface area (TPSA) is 107 Å².